The van der Waals surface area contributed by atoms with E-state index in [1.807, 2.05) is 6.07 Å². The molecule has 0 saturated heterocycles. The Labute approximate surface area is 120 Å². The van der Waals surface area contributed by atoms with E-state index in [1.165, 1.54) is 24.1 Å². The van der Waals surface area contributed by atoms with E-state index >= 15 is 0 Å². The molecule has 3 rings (SSSR count). The highest BCUT2D eigenvalue weighted by molar-refractivity contribution is 5.44. The lowest BCUT2D eigenvalue weighted by Crippen LogP contribution is -2.30. The average Bonchev–Trinajstić information content (AvgIpc) is 3.18. The van der Waals surface area contributed by atoms with Gasteiger partial charge in [0.15, 0.2) is 0 Å². The summed E-state index contributed by atoms with van der Waals surface area (Å²) in [7, 11) is 0. The normalized spacial score (nSPS) is 14.7. The molecule has 0 atom stereocenters. The number of hydrogen-bond acceptors (Lipinski definition) is 3. The van der Waals surface area contributed by atoms with Crippen molar-refractivity contribution in [3.05, 3.63) is 54.0 Å². The molecule has 1 aliphatic carbocycles. The standard InChI is InChI=1S/C17H22N2O/c1-14-4-6-15(7-5-14)18-10-11-19(16-8-9-16)13-17-3-2-12-20-17/h2-7,12,16,18H,8-11,13H2,1H3. The van der Waals surface area contributed by atoms with E-state index in [2.05, 4.69) is 47.5 Å². The third-order valence-electron chi connectivity index (χ3n) is 3.78. The molecule has 1 aromatic heterocycles. The molecule has 1 aromatic carbocycles. The first-order valence-electron chi connectivity index (χ1n) is 7.38. The summed E-state index contributed by atoms with van der Waals surface area (Å²) in [6.07, 6.45) is 4.40. The number of anilines is 1. The van der Waals surface area contributed by atoms with Crippen molar-refractivity contribution < 1.29 is 4.42 Å². The molecule has 1 N–H and O–H groups in total. The number of aryl methyl sites for hydroxylation is 1. The Kier molecular flexibility index (Phi) is 4.07. The van der Waals surface area contributed by atoms with Gasteiger partial charge in [-0.25, -0.2) is 0 Å². The van der Waals surface area contributed by atoms with E-state index < -0.39 is 0 Å². The number of furan rings is 1. The lowest BCUT2D eigenvalue weighted by Gasteiger charge is -2.21. The first-order chi connectivity index (χ1) is 9.81. The van der Waals surface area contributed by atoms with Gasteiger partial charge in [0, 0.05) is 24.8 Å². The molecule has 3 heteroatoms. The highest BCUT2D eigenvalue weighted by atomic mass is 16.3. The fourth-order valence-corrected chi connectivity index (χ4v) is 2.45. The van der Waals surface area contributed by atoms with Crippen molar-refractivity contribution in [1.82, 2.24) is 4.90 Å². The van der Waals surface area contributed by atoms with Crippen LogP contribution in [0, 0.1) is 6.92 Å². The summed E-state index contributed by atoms with van der Waals surface area (Å²) in [6, 6.07) is 13.3. The van der Waals surface area contributed by atoms with Gasteiger partial charge in [-0.1, -0.05) is 17.7 Å². The van der Waals surface area contributed by atoms with Crippen LogP contribution >= 0.6 is 0 Å². The molecule has 1 aliphatic rings. The van der Waals surface area contributed by atoms with Gasteiger partial charge in [0.25, 0.3) is 0 Å². The number of hydrogen-bond donors (Lipinski definition) is 1. The Morgan fingerprint density at radius 1 is 1.20 bits per heavy atom. The second-order valence-electron chi connectivity index (χ2n) is 5.57. The predicted molar refractivity (Wildman–Crippen MR) is 81.8 cm³/mol. The van der Waals surface area contributed by atoms with Crippen LogP contribution in [0.15, 0.2) is 47.1 Å². The van der Waals surface area contributed by atoms with Crippen LogP contribution in [0.4, 0.5) is 5.69 Å². The lowest BCUT2D eigenvalue weighted by atomic mass is 10.2. The van der Waals surface area contributed by atoms with Crippen molar-refractivity contribution in [3.8, 4) is 0 Å². The van der Waals surface area contributed by atoms with Gasteiger partial charge >= 0.3 is 0 Å². The topological polar surface area (TPSA) is 28.4 Å². The van der Waals surface area contributed by atoms with Gasteiger partial charge in [-0.05, 0) is 44.0 Å². The minimum Gasteiger partial charge on any atom is -0.468 e. The Morgan fingerprint density at radius 2 is 2.00 bits per heavy atom. The summed E-state index contributed by atoms with van der Waals surface area (Å²) in [6.45, 7) is 5.06. The Morgan fingerprint density at radius 3 is 2.65 bits per heavy atom. The molecule has 0 unspecified atom stereocenters. The number of benzene rings is 1. The molecular weight excluding hydrogens is 248 g/mol. The smallest absolute Gasteiger partial charge is 0.117 e. The van der Waals surface area contributed by atoms with Crippen LogP contribution < -0.4 is 5.32 Å². The summed E-state index contributed by atoms with van der Waals surface area (Å²) in [5.41, 5.74) is 2.50. The zero-order valence-corrected chi connectivity index (χ0v) is 12.0. The van der Waals surface area contributed by atoms with E-state index in [9.17, 15) is 0 Å². The minimum absolute atomic E-state index is 0.750. The van der Waals surface area contributed by atoms with Crippen LogP contribution in [-0.4, -0.2) is 24.0 Å². The lowest BCUT2D eigenvalue weighted by molar-refractivity contribution is 0.242. The highest BCUT2D eigenvalue weighted by Gasteiger charge is 2.28. The van der Waals surface area contributed by atoms with Crippen molar-refractivity contribution in [2.24, 2.45) is 0 Å². The SMILES string of the molecule is Cc1ccc(NCCN(Cc2ccco2)C2CC2)cc1. The van der Waals surface area contributed by atoms with Crippen LogP contribution in [0.5, 0.6) is 0 Å². The third-order valence-corrected chi connectivity index (χ3v) is 3.78. The number of nitrogens with one attached hydrogen (secondary N) is 1. The maximum atomic E-state index is 5.46. The van der Waals surface area contributed by atoms with Gasteiger partial charge in [0.1, 0.15) is 5.76 Å². The Hall–Kier alpha value is -1.74. The molecule has 0 aliphatic heterocycles. The predicted octanol–water partition coefficient (Wildman–Crippen LogP) is 3.66. The van der Waals surface area contributed by atoms with Crippen LogP contribution in [0.2, 0.25) is 0 Å². The molecule has 1 heterocycles. The van der Waals surface area contributed by atoms with Gasteiger partial charge in [-0.15, -0.1) is 0 Å². The van der Waals surface area contributed by atoms with Crippen molar-refractivity contribution >= 4 is 5.69 Å². The quantitative estimate of drug-likeness (QED) is 0.832. The van der Waals surface area contributed by atoms with E-state index in [1.54, 1.807) is 6.26 Å². The first-order valence-corrected chi connectivity index (χ1v) is 7.38. The van der Waals surface area contributed by atoms with Gasteiger partial charge in [0.05, 0.1) is 12.8 Å². The van der Waals surface area contributed by atoms with E-state index in [-0.39, 0.29) is 0 Å². The second-order valence-corrected chi connectivity index (χ2v) is 5.57. The molecule has 2 aromatic rings. The average molecular weight is 270 g/mol. The van der Waals surface area contributed by atoms with Crippen LogP contribution in [-0.2, 0) is 6.54 Å². The molecule has 3 nitrogen and oxygen atoms in total. The van der Waals surface area contributed by atoms with Crippen LogP contribution in [0.3, 0.4) is 0 Å². The third kappa shape index (κ3) is 3.64. The fraction of sp³-hybridized carbons (Fsp3) is 0.412. The Bertz CT molecular complexity index is 514. The monoisotopic (exact) mass is 270 g/mol. The van der Waals surface area contributed by atoms with Gasteiger partial charge < -0.3 is 9.73 Å². The molecule has 106 valence electrons. The summed E-state index contributed by atoms with van der Waals surface area (Å²) in [5.74, 6) is 1.06. The fourth-order valence-electron chi connectivity index (χ4n) is 2.45. The van der Waals surface area contributed by atoms with Crippen molar-refractivity contribution in [2.75, 3.05) is 18.4 Å². The molecule has 0 spiro atoms. The molecule has 0 radical (unpaired) electrons. The van der Waals surface area contributed by atoms with E-state index in [0.29, 0.717) is 0 Å². The molecular formula is C17H22N2O. The summed E-state index contributed by atoms with van der Waals surface area (Å²) in [4.78, 5) is 2.51. The maximum Gasteiger partial charge on any atom is 0.117 e. The van der Waals surface area contributed by atoms with Crippen LogP contribution in [0.25, 0.3) is 0 Å². The van der Waals surface area contributed by atoms with E-state index in [4.69, 9.17) is 4.42 Å². The molecule has 1 saturated carbocycles. The highest BCUT2D eigenvalue weighted by Crippen LogP contribution is 2.28. The van der Waals surface area contributed by atoms with E-state index in [0.717, 1.165) is 31.4 Å². The van der Waals surface area contributed by atoms with Crippen molar-refractivity contribution in [1.29, 1.82) is 0 Å². The number of nitrogens with zero attached hydrogens (tertiary/aromatic N) is 1. The summed E-state index contributed by atoms with van der Waals surface area (Å²) >= 11 is 0. The van der Waals surface area contributed by atoms with Gasteiger partial charge in [0.2, 0.25) is 0 Å². The number of rotatable bonds is 7. The summed E-state index contributed by atoms with van der Waals surface area (Å²) in [5, 5.41) is 3.49. The van der Waals surface area contributed by atoms with Gasteiger partial charge in [-0.3, -0.25) is 4.90 Å². The zero-order chi connectivity index (χ0) is 13.8. The maximum absolute atomic E-state index is 5.46. The minimum atomic E-state index is 0.750. The molecule has 1 fully saturated rings. The molecule has 0 bridgehead atoms. The van der Waals surface area contributed by atoms with Crippen LogP contribution in [0.1, 0.15) is 24.2 Å². The molecule has 0 amide bonds. The van der Waals surface area contributed by atoms with Crippen molar-refractivity contribution in [2.45, 2.75) is 32.4 Å². The second kappa shape index (κ2) is 6.14. The van der Waals surface area contributed by atoms with Gasteiger partial charge in [-0.2, -0.15) is 0 Å². The largest absolute Gasteiger partial charge is 0.468 e. The Balaban J connectivity index is 1.48. The summed E-state index contributed by atoms with van der Waals surface area (Å²) < 4.78 is 5.46. The first kappa shape index (κ1) is 13.3. The molecule has 20 heavy (non-hydrogen) atoms. The zero-order valence-electron chi connectivity index (χ0n) is 12.0. The van der Waals surface area contributed by atoms with Crippen molar-refractivity contribution in [3.63, 3.8) is 0 Å².